The zero-order chi connectivity index (χ0) is 14.8. The lowest BCUT2D eigenvalue weighted by molar-refractivity contribution is -0.274. The topological polar surface area (TPSA) is 29.5 Å². The highest BCUT2D eigenvalue weighted by Gasteiger charge is 2.31. The van der Waals surface area contributed by atoms with Gasteiger partial charge in [0.1, 0.15) is 5.75 Å². The summed E-state index contributed by atoms with van der Waals surface area (Å²) in [6.45, 7) is 1.68. The number of alkyl halides is 3. The van der Waals surface area contributed by atoms with Gasteiger partial charge in [-0.05, 0) is 36.1 Å². The van der Waals surface area contributed by atoms with Gasteiger partial charge in [0, 0.05) is 11.3 Å². The van der Waals surface area contributed by atoms with Crippen molar-refractivity contribution >= 4 is 11.3 Å². The van der Waals surface area contributed by atoms with E-state index in [0.717, 1.165) is 10.4 Å². The van der Waals surface area contributed by atoms with Crippen LogP contribution in [0.4, 0.5) is 13.2 Å². The van der Waals surface area contributed by atoms with Gasteiger partial charge in [0.15, 0.2) is 0 Å². The van der Waals surface area contributed by atoms with Gasteiger partial charge in [0.25, 0.3) is 0 Å². The molecule has 0 fully saturated rings. The highest BCUT2D eigenvalue weighted by molar-refractivity contribution is 7.10. The van der Waals surface area contributed by atoms with E-state index in [-0.39, 0.29) is 5.75 Å². The fourth-order valence-corrected chi connectivity index (χ4v) is 2.67. The van der Waals surface area contributed by atoms with Gasteiger partial charge in [-0.25, -0.2) is 0 Å². The van der Waals surface area contributed by atoms with Crippen LogP contribution in [0.25, 0.3) is 0 Å². The third-order valence-electron chi connectivity index (χ3n) is 2.76. The lowest BCUT2D eigenvalue weighted by Gasteiger charge is -2.22. The van der Waals surface area contributed by atoms with Crippen LogP contribution in [0.2, 0.25) is 0 Å². The number of halogens is 3. The van der Waals surface area contributed by atoms with E-state index in [9.17, 15) is 18.3 Å². The molecule has 6 heteroatoms. The minimum absolute atomic E-state index is 0.267. The smallest absolute Gasteiger partial charge is 0.406 e. The van der Waals surface area contributed by atoms with Crippen molar-refractivity contribution in [3.8, 4) is 5.75 Å². The SMILES string of the molecule is CC(O)(Cc1ccc(OC(F)(F)F)cc1)c1cccs1. The normalized spacial score (nSPS) is 14.8. The first kappa shape index (κ1) is 14.9. The van der Waals surface area contributed by atoms with Crippen molar-refractivity contribution in [1.29, 1.82) is 0 Å². The summed E-state index contributed by atoms with van der Waals surface area (Å²) >= 11 is 1.44. The minimum Gasteiger partial charge on any atom is -0.406 e. The summed E-state index contributed by atoms with van der Waals surface area (Å²) < 4.78 is 39.9. The van der Waals surface area contributed by atoms with Crippen molar-refractivity contribution < 1.29 is 23.0 Å². The first-order valence-electron chi connectivity index (χ1n) is 5.87. The number of aliphatic hydroxyl groups is 1. The molecule has 0 aliphatic heterocycles. The molecule has 2 aromatic rings. The highest BCUT2D eigenvalue weighted by Crippen LogP contribution is 2.30. The Kier molecular flexibility index (Phi) is 4.06. The second-order valence-corrected chi connectivity index (χ2v) is 5.57. The Bertz CT molecular complexity index is 545. The summed E-state index contributed by atoms with van der Waals surface area (Å²) in [5.74, 6) is -0.267. The van der Waals surface area contributed by atoms with Gasteiger partial charge in [-0.15, -0.1) is 24.5 Å². The van der Waals surface area contributed by atoms with Crippen LogP contribution in [0.5, 0.6) is 5.75 Å². The van der Waals surface area contributed by atoms with Crippen LogP contribution < -0.4 is 4.74 Å². The fraction of sp³-hybridized carbons (Fsp3) is 0.286. The molecule has 1 unspecified atom stereocenters. The van der Waals surface area contributed by atoms with E-state index in [2.05, 4.69) is 4.74 Å². The second kappa shape index (κ2) is 5.46. The molecule has 1 aromatic heterocycles. The van der Waals surface area contributed by atoms with Crippen LogP contribution >= 0.6 is 11.3 Å². The molecule has 0 saturated heterocycles. The van der Waals surface area contributed by atoms with Gasteiger partial charge in [0.05, 0.1) is 5.60 Å². The molecule has 1 heterocycles. The molecule has 1 N–H and O–H groups in total. The van der Waals surface area contributed by atoms with Gasteiger partial charge in [-0.2, -0.15) is 0 Å². The Morgan fingerprint density at radius 1 is 1.15 bits per heavy atom. The maximum atomic E-state index is 12.0. The predicted octanol–water partition coefficient (Wildman–Crippen LogP) is 4.10. The van der Waals surface area contributed by atoms with Crippen molar-refractivity contribution in [2.45, 2.75) is 25.3 Å². The number of hydrogen-bond donors (Lipinski definition) is 1. The van der Waals surface area contributed by atoms with E-state index >= 15 is 0 Å². The Labute approximate surface area is 118 Å². The zero-order valence-electron chi connectivity index (χ0n) is 10.6. The molecule has 0 aliphatic carbocycles. The lowest BCUT2D eigenvalue weighted by atomic mass is 9.95. The minimum atomic E-state index is -4.69. The average molecular weight is 302 g/mol. The molecule has 0 bridgehead atoms. The van der Waals surface area contributed by atoms with Crippen LogP contribution in [0.15, 0.2) is 41.8 Å². The van der Waals surface area contributed by atoms with E-state index in [4.69, 9.17) is 0 Å². The number of thiophene rings is 1. The molecular formula is C14H13F3O2S. The van der Waals surface area contributed by atoms with Crippen LogP contribution in [-0.2, 0) is 12.0 Å². The van der Waals surface area contributed by atoms with Gasteiger partial charge >= 0.3 is 6.36 Å². The third kappa shape index (κ3) is 3.98. The molecule has 1 aromatic carbocycles. The Morgan fingerprint density at radius 3 is 2.30 bits per heavy atom. The number of ether oxygens (including phenoxy) is 1. The Balaban J connectivity index is 2.08. The Morgan fingerprint density at radius 2 is 1.80 bits per heavy atom. The monoisotopic (exact) mass is 302 g/mol. The zero-order valence-corrected chi connectivity index (χ0v) is 11.5. The van der Waals surface area contributed by atoms with Crippen LogP contribution in [-0.4, -0.2) is 11.5 Å². The summed E-state index contributed by atoms with van der Waals surface area (Å²) in [5.41, 5.74) is -0.307. The molecule has 0 spiro atoms. The highest BCUT2D eigenvalue weighted by atomic mass is 32.1. The standard InChI is InChI=1S/C14H13F3O2S/c1-13(18,12-3-2-8-20-12)9-10-4-6-11(7-5-10)19-14(15,16)17/h2-8,18H,9H2,1H3. The fourth-order valence-electron chi connectivity index (χ4n) is 1.88. The summed E-state index contributed by atoms with van der Waals surface area (Å²) in [6.07, 6.45) is -4.37. The predicted molar refractivity (Wildman–Crippen MR) is 70.7 cm³/mol. The van der Waals surface area contributed by atoms with E-state index in [1.807, 2.05) is 17.5 Å². The van der Waals surface area contributed by atoms with E-state index in [1.165, 1.54) is 35.6 Å². The van der Waals surface area contributed by atoms with Gasteiger partial charge < -0.3 is 9.84 Å². The third-order valence-corrected chi connectivity index (χ3v) is 3.88. The van der Waals surface area contributed by atoms with Crippen molar-refractivity contribution in [1.82, 2.24) is 0 Å². The lowest BCUT2D eigenvalue weighted by Crippen LogP contribution is -2.22. The second-order valence-electron chi connectivity index (χ2n) is 4.62. The molecule has 0 aliphatic rings. The summed E-state index contributed by atoms with van der Waals surface area (Å²) in [7, 11) is 0. The summed E-state index contributed by atoms with van der Waals surface area (Å²) in [6, 6.07) is 9.19. The van der Waals surface area contributed by atoms with E-state index in [0.29, 0.717) is 6.42 Å². The molecule has 0 radical (unpaired) electrons. The van der Waals surface area contributed by atoms with Gasteiger partial charge in [-0.1, -0.05) is 18.2 Å². The number of hydrogen-bond acceptors (Lipinski definition) is 3. The number of benzene rings is 1. The summed E-state index contributed by atoms with van der Waals surface area (Å²) in [4.78, 5) is 0.813. The van der Waals surface area contributed by atoms with Crippen molar-refractivity contribution in [3.63, 3.8) is 0 Å². The first-order chi connectivity index (χ1) is 9.26. The molecule has 2 rings (SSSR count). The van der Waals surface area contributed by atoms with Gasteiger partial charge in [0.2, 0.25) is 0 Å². The summed E-state index contributed by atoms with van der Waals surface area (Å²) in [5, 5.41) is 12.2. The van der Waals surface area contributed by atoms with Gasteiger partial charge in [-0.3, -0.25) is 0 Å². The molecule has 2 nitrogen and oxygen atoms in total. The van der Waals surface area contributed by atoms with Crippen molar-refractivity contribution in [2.24, 2.45) is 0 Å². The van der Waals surface area contributed by atoms with E-state index < -0.39 is 12.0 Å². The maximum Gasteiger partial charge on any atom is 0.573 e. The molecule has 108 valence electrons. The molecule has 0 amide bonds. The molecule has 0 saturated carbocycles. The largest absolute Gasteiger partial charge is 0.573 e. The first-order valence-corrected chi connectivity index (χ1v) is 6.75. The maximum absolute atomic E-state index is 12.0. The van der Waals surface area contributed by atoms with E-state index in [1.54, 1.807) is 6.92 Å². The average Bonchev–Trinajstić information content (AvgIpc) is 2.84. The molecule has 1 atom stereocenters. The van der Waals surface area contributed by atoms with Crippen molar-refractivity contribution in [2.75, 3.05) is 0 Å². The van der Waals surface area contributed by atoms with Crippen molar-refractivity contribution in [3.05, 3.63) is 52.2 Å². The molecule has 20 heavy (non-hydrogen) atoms. The quantitative estimate of drug-likeness (QED) is 0.921. The Hall–Kier alpha value is -1.53. The van der Waals surface area contributed by atoms with Crippen LogP contribution in [0, 0.1) is 0 Å². The number of rotatable bonds is 4. The van der Waals surface area contributed by atoms with Crippen LogP contribution in [0.3, 0.4) is 0 Å². The van der Waals surface area contributed by atoms with Crippen LogP contribution in [0.1, 0.15) is 17.4 Å². The molecular weight excluding hydrogens is 289 g/mol.